The molecule has 0 aliphatic heterocycles. The van der Waals surface area contributed by atoms with Crippen LogP contribution in [0.1, 0.15) is 24.1 Å². The molecule has 1 saturated carbocycles. The van der Waals surface area contributed by atoms with Gasteiger partial charge < -0.3 is 10.2 Å². The Morgan fingerprint density at radius 2 is 2.27 bits per heavy atom. The summed E-state index contributed by atoms with van der Waals surface area (Å²) >= 11 is 0. The number of carbonyl (C=O) groups is 1. The Morgan fingerprint density at radius 1 is 1.60 bits per heavy atom. The number of carboxylic acids is 1. The molecule has 0 amide bonds. The minimum atomic E-state index is -0.896. The molecule has 0 radical (unpaired) electrons. The number of aryl methyl sites for hydroxylation is 1. The van der Waals surface area contributed by atoms with Crippen LogP contribution in [0.4, 0.5) is 0 Å². The molecular formula is C11H13NO3. The molecule has 2 rings (SSSR count). The topological polar surface area (TPSA) is 70.4 Å². The summed E-state index contributed by atoms with van der Waals surface area (Å²) in [5.41, 5.74) is 0.648. The predicted molar refractivity (Wildman–Crippen MR) is 53.5 cm³/mol. The number of aliphatic carboxylic acids is 1. The van der Waals surface area contributed by atoms with Gasteiger partial charge in [0, 0.05) is 11.9 Å². The molecule has 0 aromatic carbocycles. The summed E-state index contributed by atoms with van der Waals surface area (Å²) in [5.74, 6) is -0.863. The summed E-state index contributed by atoms with van der Waals surface area (Å²) < 4.78 is 0. The lowest BCUT2D eigenvalue weighted by atomic mass is 9.63. The van der Waals surface area contributed by atoms with Gasteiger partial charge in [0.15, 0.2) is 0 Å². The van der Waals surface area contributed by atoms with Gasteiger partial charge in [-0.15, -0.1) is 0 Å². The Bertz CT molecular complexity index is 397. The highest BCUT2D eigenvalue weighted by Gasteiger charge is 2.51. The second-order valence-corrected chi connectivity index (χ2v) is 4.14. The van der Waals surface area contributed by atoms with E-state index >= 15 is 0 Å². The molecule has 1 fully saturated rings. The third-order valence-electron chi connectivity index (χ3n) is 3.03. The van der Waals surface area contributed by atoms with Gasteiger partial charge in [0.25, 0.3) is 0 Å². The Kier molecular flexibility index (Phi) is 2.23. The molecular weight excluding hydrogens is 194 g/mol. The lowest BCUT2D eigenvalue weighted by Crippen LogP contribution is -2.50. The van der Waals surface area contributed by atoms with E-state index in [1.807, 2.05) is 6.92 Å². The quantitative estimate of drug-likeness (QED) is 0.754. The zero-order chi connectivity index (χ0) is 11.1. The van der Waals surface area contributed by atoms with Gasteiger partial charge in [0.2, 0.25) is 0 Å². The number of carboxylic acid groups (broad SMARTS) is 1. The highest BCUT2D eigenvalue weighted by Crippen LogP contribution is 2.44. The fraction of sp³-hybridized carbons (Fsp3) is 0.455. The molecule has 0 bridgehead atoms. The number of aromatic nitrogens is 1. The summed E-state index contributed by atoms with van der Waals surface area (Å²) in [6.07, 6.45) is 1.71. The van der Waals surface area contributed by atoms with Gasteiger partial charge in [-0.1, -0.05) is 0 Å². The van der Waals surface area contributed by atoms with Crippen LogP contribution in [0.2, 0.25) is 0 Å². The maximum atomic E-state index is 11.2. The molecule has 0 saturated heterocycles. The Morgan fingerprint density at radius 3 is 2.73 bits per heavy atom. The monoisotopic (exact) mass is 207 g/mol. The van der Waals surface area contributed by atoms with E-state index in [9.17, 15) is 15.0 Å². The van der Waals surface area contributed by atoms with E-state index in [0.717, 1.165) is 11.3 Å². The highest BCUT2D eigenvalue weighted by molar-refractivity contribution is 5.83. The lowest BCUT2D eigenvalue weighted by Gasteiger charge is -2.42. The van der Waals surface area contributed by atoms with Gasteiger partial charge in [0.05, 0.1) is 11.5 Å². The third kappa shape index (κ3) is 1.51. The van der Waals surface area contributed by atoms with Crippen molar-refractivity contribution in [2.24, 2.45) is 0 Å². The second kappa shape index (κ2) is 3.31. The van der Waals surface area contributed by atoms with Crippen molar-refractivity contribution >= 4 is 5.97 Å². The van der Waals surface area contributed by atoms with Crippen molar-refractivity contribution in [3.05, 3.63) is 29.6 Å². The Hall–Kier alpha value is -1.42. The molecule has 1 aliphatic rings. The fourth-order valence-electron chi connectivity index (χ4n) is 2.12. The maximum Gasteiger partial charge on any atom is 0.314 e. The highest BCUT2D eigenvalue weighted by atomic mass is 16.4. The van der Waals surface area contributed by atoms with Gasteiger partial charge in [-0.05, 0) is 37.5 Å². The number of pyridine rings is 1. The van der Waals surface area contributed by atoms with Gasteiger partial charge in [-0.3, -0.25) is 9.78 Å². The van der Waals surface area contributed by atoms with Crippen LogP contribution < -0.4 is 0 Å². The molecule has 0 atom stereocenters. The first-order chi connectivity index (χ1) is 7.04. The summed E-state index contributed by atoms with van der Waals surface area (Å²) in [6, 6.07) is 3.49. The van der Waals surface area contributed by atoms with Crippen molar-refractivity contribution in [3.8, 4) is 0 Å². The van der Waals surface area contributed by atoms with Crippen LogP contribution in [-0.2, 0) is 10.2 Å². The number of nitrogens with zero attached hydrogens (tertiary/aromatic N) is 1. The van der Waals surface area contributed by atoms with Crippen molar-refractivity contribution in [3.63, 3.8) is 0 Å². The molecule has 0 unspecified atom stereocenters. The summed E-state index contributed by atoms with van der Waals surface area (Å²) in [5, 5.41) is 18.5. The van der Waals surface area contributed by atoms with Crippen molar-refractivity contribution in [2.45, 2.75) is 31.3 Å². The molecule has 1 aromatic rings. The summed E-state index contributed by atoms with van der Waals surface area (Å²) in [4.78, 5) is 15.3. The summed E-state index contributed by atoms with van der Waals surface area (Å²) in [7, 11) is 0. The Balaban J connectivity index is 2.39. The number of rotatable bonds is 2. The molecule has 0 spiro atoms. The molecule has 1 aliphatic carbocycles. The zero-order valence-electron chi connectivity index (χ0n) is 8.47. The molecule has 15 heavy (non-hydrogen) atoms. The van der Waals surface area contributed by atoms with Crippen molar-refractivity contribution < 1.29 is 15.0 Å². The van der Waals surface area contributed by atoms with Gasteiger partial charge in [-0.2, -0.15) is 0 Å². The first-order valence-corrected chi connectivity index (χ1v) is 4.89. The van der Waals surface area contributed by atoms with Crippen LogP contribution in [0.3, 0.4) is 0 Å². The van der Waals surface area contributed by atoms with E-state index in [1.165, 1.54) is 0 Å². The minimum Gasteiger partial charge on any atom is -0.481 e. The average Bonchev–Trinajstić information content (AvgIpc) is 2.12. The lowest BCUT2D eigenvalue weighted by molar-refractivity contribution is -0.152. The van der Waals surface area contributed by atoms with E-state index in [4.69, 9.17) is 0 Å². The van der Waals surface area contributed by atoms with Crippen LogP contribution in [-0.4, -0.2) is 27.3 Å². The second-order valence-electron chi connectivity index (χ2n) is 4.14. The standard InChI is InChI=1S/C11H13NO3/c1-7-4-8(2-3-12-7)11(10(14)15)5-9(13)6-11/h2-4,9,13H,5-6H2,1H3,(H,14,15). The number of hydrogen-bond donors (Lipinski definition) is 2. The maximum absolute atomic E-state index is 11.2. The van der Waals surface area contributed by atoms with Crippen molar-refractivity contribution in [1.82, 2.24) is 4.98 Å². The largest absolute Gasteiger partial charge is 0.481 e. The fourth-order valence-corrected chi connectivity index (χ4v) is 2.12. The van der Waals surface area contributed by atoms with Crippen LogP contribution in [0.5, 0.6) is 0 Å². The predicted octanol–water partition coefficient (Wildman–Crippen LogP) is 0.867. The van der Waals surface area contributed by atoms with E-state index < -0.39 is 17.5 Å². The summed E-state index contributed by atoms with van der Waals surface area (Å²) in [6.45, 7) is 1.83. The van der Waals surface area contributed by atoms with E-state index in [1.54, 1.807) is 18.3 Å². The van der Waals surface area contributed by atoms with Crippen molar-refractivity contribution in [1.29, 1.82) is 0 Å². The van der Waals surface area contributed by atoms with Gasteiger partial charge >= 0.3 is 5.97 Å². The number of hydrogen-bond acceptors (Lipinski definition) is 3. The van der Waals surface area contributed by atoms with E-state index in [-0.39, 0.29) is 0 Å². The van der Waals surface area contributed by atoms with Crippen LogP contribution in [0.15, 0.2) is 18.3 Å². The number of aliphatic hydroxyl groups excluding tert-OH is 1. The third-order valence-corrected chi connectivity index (χ3v) is 3.03. The molecule has 2 N–H and O–H groups in total. The smallest absolute Gasteiger partial charge is 0.314 e. The Labute approximate surface area is 87.6 Å². The van der Waals surface area contributed by atoms with E-state index in [0.29, 0.717) is 12.8 Å². The van der Waals surface area contributed by atoms with Crippen LogP contribution in [0, 0.1) is 6.92 Å². The zero-order valence-corrected chi connectivity index (χ0v) is 8.47. The normalized spacial score (nSPS) is 29.6. The molecule has 4 heteroatoms. The van der Waals surface area contributed by atoms with Crippen LogP contribution in [0.25, 0.3) is 0 Å². The molecule has 4 nitrogen and oxygen atoms in total. The molecule has 1 aromatic heterocycles. The minimum absolute atomic E-state index is 0.297. The van der Waals surface area contributed by atoms with Gasteiger partial charge in [-0.25, -0.2) is 0 Å². The SMILES string of the molecule is Cc1cc(C2(C(=O)O)CC(O)C2)ccn1. The first-order valence-electron chi connectivity index (χ1n) is 4.89. The number of aliphatic hydroxyl groups is 1. The van der Waals surface area contributed by atoms with Crippen molar-refractivity contribution in [2.75, 3.05) is 0 Å². The van der Waals surface area contributed by atoms with Crippen LogP contribution >= 0.6 is 0 Å². The molecule has 1 heterocycles. The molecule has 80 valence electrons. The van der Waals surface area contributed by atoms with E-state index in [2.05, 4.69) is 4.98 Å². The average molecular weight is 207 g/mol. The van der Waals surface area contributed by atoms with Gasteiger partial charge in [0.1, 0.15) is 0 Å². The first kappa shape index (κ1) is 10.1.